The molecular formula is C36H33Cl2CrN10O10S2+. The van der Waals surface area contributed by atoms with Crippen LogP contribution in [0.3, 0.4) is 0 Å². The molecule has 0 fully saturated rings. The van der Waals surface area contributed by atoms with Crippen molar-refractivity contribution in [3.8, 4) is 0 Å². The van der Waals surface area contributed by atoms with Crippen molar-refractivity contribution >= 4 is 101 Å². The first-order chi connectivity index (χ1) is 28.3. The summed E-state index contributed by atoms with van der Waals surface area (Å²) in [6.45, 7) is 3.18. The summed E-state index contributed by atoms with van der Waals surface area (Å²) in [5, 5.41) is 46.0. The number of halogens is 2. The third kappa shape index (κ3) is 11.0. The number of carboxylic acids is 2. The molecule has 2 aliphatic heterocycles. The van der Waals surface area contributed by atoms with Gasteiger partial charge in [0.25, 0.3) is 11.8 Å². The zero-order valence-electron chi connectivity index (χ0n) is 33.0. The molecule has 25 heteroatoms. The van der Waals surface area contributed by atoms with Crippen LogP contribution in [0.4, 0.5) is 22.7 Å². The van der Waals surface area contributed by atoms with Gasteiger partial charge in [-0.1, -0.05) is 35.3 Å². The number of nitrogens with zero attached hydrogens (tertiary/aromatic N) is 8. The second-order valence-electron chi connectivity index (χ2n) is 12.4. The first-order valence-electron chi connectivity index (χ1n) is 17.0. The second-order valence-corrected chi connectivity index (χ2v) is 17.0. The fraction of sp³-hybridized carbons (Fsp3) is 0.167. The number of aromatic carboxylic acids is 2. The minimum atomic E-state index is -3.84. The van der Waals surface area contributed by atoms with Crippen LogP contribution < -0.4 is 19.5 Å². The standard InChI is InChI=1S/2C18H16ClN5O5S.Cr/c2*1-10-16(17(25)24(23-10)12-5-3-4-11(19)8-12)22-21-15-7-6-13(30(28,29)20-2)9-14(15)18(26)27;/h2*3-9,16,20H,1-2H3,(H,26,27);/p+1. The molecule has 2 amide bonds. The first-order valence-corrected chi connectivity index (χ1v) is 20.7. The normalized spacial score (nSPS) is 16.6. The van der Waals surface area contributed by atoms with Gasteiger partial charge in [0.2, 0.25) is 20.0 Å². The summed E-state index contributed by atoms with van der Waals surface area (Å²) in [4.78, 5) is 48.0. The average molecular weight is 953 g/mol. The third-order valence-electron chi connectivity index (χ3n) is 8.41. The maximum Gasteiger partial charge on any atom is 1.00 e. The number of amides is 2. The minimum absolute atomic E-state index is 0. The molecule has 4 aromatic rings. The molecule has 0 saturated heterocycles. The Morgan fingerprint density at radius 2 is 1.02 bits per heavy atom. The van der Waals surface area contributed by atoms with E-state index >= 15 is 0 Å². The van der Waals surface area contributed by atoms with Gasteiger partial charge in [0.15, 0.2) is 12.1 Å². The Balaban J connectivity index is 0.000000320. The molecule has 2 atom stereocenters. The van der Waals surface area contributed by atoms with Crippen LogP contribution in [-0.2, 0) is 47.0 Å². The number of carboxylic acid groups (broad SMARTS) is 2. The molecule has 6 rings (SSSR count). The topological polar surface area (TPSA) is 282 Å². The van der Waals surface area contributed by atoms with Crippen LogP contribution in [0, 0.1) is 0 Å². The number of sulfonamides is 2. The van der Waals surface area contributed by atoms with Gasteiger partial charge in [-0.15, -0.1) is 0 Å². The predicted octanol–water partition coefficient (Wildman–Crippen LogP) is 5.75. The number of hydrogen-bond donors (Lipinski definition) is 4. The van der Waals surface area contributed by atoms with Crippen molar-refractivity contribution in [2.75, 3.05) is 24.1 Å². The van der Waals surface area contributed by atoms with E-state index in [0.717, 1.165) is 22.2 Å². The van der Waals surface area contributed by atoms with Gasteiger partial charge in [-0.05, 0) is 101 Å². The van der Waals surface area contributed by atoms with E-state index < -0.39 is 55.9 Å². The molecule has 4 aromatic carbocycles. The van der Waals surface area contributed by atoms with E-state index in [0.29, 0.717) is 32.8 Å². The Morgan fingerprint density at radius 1 is 0.656 bits per heavy atom. The van der Waals surface area contributed by atoms with Crippen LogP contribution in [-0.4, -0.2) is 88.4 Å². The van der Waals surface area contributed by atoms with Crippen molar-refractivity contribution in [2.24, 2.45) is 30.7 Å². The number of hydrogen-bond acceptors (Lipinski definition) is 14. The fourth-order valence-electron chi connectivity index (χ4n) is 5.32. The second kappa shape index (κ2) is 19.7. The molecule has 0 radical (unpaired) electrons. The van der Waals surface area contributed by atoms with E-state index in [2.05, 4.69) is 40.1 Å². The van der Waals surface area contributed by atoms with Crippen molar-refractivity contribution in [3.05, 3.63) is 106 Å². The molecule has 0 bridgehead atoms. The van der Waals surface area contributed by atoms with Crippen molar-refractivity contribution in [1.29, 1.82) is 0 Å². The van der Waals surface area contributed by atoms with Gasteiger partial charge in [-0.3, -0.25) is 9.59 Å². The summed E-state index contributed by atoms with van der Waals surface area (Å²) < 4.78 is 51.8. The molecule has 20 nitrogen and oxygen atoms in total. The fourth-order valence-corrected chi connectivity index (χ4v) is 7.20. The van der Waals surface area contributed by atoms with Crippen LogP contribution in [0.1, 0.15) is 36.0 Å². The SMILES string of the molecule is CNS(=O)(=O)c1ccc(N=NC2C(=O)N(c3cccc(Cl)c3)N=C2C)c(C(=O)O)c1.CNS(=O)(=O)c1ccc(N=NC2C(=O)N(c3cccc(Cl)c3)N=C2C)c(C(=O)O)c1.[Cr].[H+]. The van der Waals surface area contributed by atoms with E-state index in [1.54, 1.807) is 62.4 Å². The number of nitrogens with one attached hydrogen (secondary N) is 2. The van der Waals surface area contributed by atoms with Crippen molar-refractivity contribution in [1.82, 2.24) is 9.44 Å². The van der Waals surface area contributed by atoms with E-state index in [9.17, 15) is 46.2 Å². The van der Waals surface area contributed by atoms with E-state index in [-0.39, 0.29) is 51.1 Å². The summed E-state index contributed by atoms with van der Waals surface area (Å²) in [7, 11) is -5.25. The largest absolute Gasteiger partial charge is 1.00 e. The van der Waals surface area contributed by atoms with Gasteiger partial charge in [-0.25, -0.2) is 35.9 Å². The van der Waals surface area contributed by atoms with Gasteiger partial charge >= 0.3 is 13.4 Å². The first kappa shape index (κ1) is 47.9. The molecule has 0 aromatic heterocycles. The van der Waals surface area contributed by atoms with Gasteiger partial charge in [0.1, 0.15) is 0 Å². The Bertz CT molecular complexity index is 2590. The van der Waals surface area contributed by atoms with Crippen LogP contribution in [0.5, 0.6) is 0 Å². The van der Waals surface area contributed by atoms with Gasteiger partial charge in [0, 0.05) is 27.4 Å². The molecule has 0 aliphatic carbocycles. The van der Waals surface area contributed by atoms with Crippen LogP contribution in [0.15, 0.2) is 125 Å². The molecule has 0 saturated carbocycles. The number of anilines is 2. The molecule has 318 valence electrons. The van der Waals surface area contributed by atoms with Gasteiger partial charge in [0.05, 0.1) is 55.1 Å². The van der Waals surface area contributed by atoms with Gasteiger partial charge < -0.3 is 10.2 Å². The summed E-state index contributed by atoms with van der Waals surface area (Å²) in [6, 6.07) is 17.8. The van der Waals surface area contributed by atoms with Crippen molar-refractivity contribution in [3.63, 3.8) is 0 Å². The molecule has 2 heterocycles. The van der Waals surface area contributed by atoms with Crippen molar-refractivity contribution < 1.29 is 65.0 Å². The predicted molar refractivity (Wildman–Crippen MR) is 221 cm³/mol. The number of hydrazone groups is 2. The Hall–Kier alpha value is -5.77. The Morgan fingerprint density at radius 3 is 1.33 bits per heavy atom. The van der Waals surface area contributed by atoms with Gasteiger partial charge in [-0.2, -0.15) is 40.7 Å². The number of benzene rings is 4. The maximum absolute atomic E-state index is 12.7. The third-order valence-corrected chi connectivity index (χ3v) is 11.7. The molecule has 61 heavy (non-hydrogen) atoms. The Kier molecular flexibility index (Phi) is 15.5. The van der Waals surface area contributed by atoms with E-state index in [4.69, 9.17) is 23.2 Å². The van der Waals surface area contributed by atoms with Crippen LogP contribution >= 0.6 is 23.2 Å². The number of azo groups is 2. The van der Waals surface area contributed by atoms with Crippen LogP contribution in [0.2, 0.25) is 10.0 Å². The molecular weight excluding hydrogens is 919 g/mol. The van der Waals surface area contributed by atoms with Crippen molar-refractivity contribution in [2.45, 2.75) is 35.7 Å². The van der Waals surface area contributed by atoms with E-state index in [1.165, 1.54) is 38.4 Å². The number of rotatable bonds is 12. The monoisotopic (exact) mass is 951 g/mol. The average Bonchev–Trinajstić information content (AvgIpc) is 3.67. The zero-order chi connectivity index (χ0) is 44.1. The molecule has 4 N–H and O–H groups in total. The van der Waals surface area contributed by atoms with Crippen LogP contribution in [0.25, 0.3) is 0 Å². The maximum atomic E-state index is 12.7. The number of carbonyl (C=O) groups excluding carboxylic acids is 2. The molecule has 0 spiro atoms. The summed E-state index contributed by atoms with van der Waals surface area (Å²) in [5.41, 5.74) is 0.683. The summed E-state index contributed by atoms with van der Waals surface area (Å²) >= 11 is 11.9. The number of carbonyl (C=O) groups is 4. The smallest absolute Gasteiger partial charge is 0.478 e. The molecule has 2 aliphatic rings. The molecule has 2 unspecified atom stereocenters. The zero-order valence-corrected chi connectivity index (χ0v) is 36.4. The quantitative estimate of drug-likeness (QED) is 0.125. The van der Waals surface area contributed by atoms with E-state index in [1.807, 2.05) is 0 Å². The Labute approximate surface area is 370 Å². The minimum Gasteiger partial charge on any atom is -0.478 e. The summed E-state index contributed by atoms with van der Waals surface area (Å²) in [5.74, 6) is -3.74. The summed E-state index contributed by atoms with van der Waals surface area (Å²) in [6.07, 6.45) is 0.